The van der Waals surface area contributed by atoms with Gasteiger partial charge in [0.1, 0.15) is 6.10 Å². The van der Waals surface area contributed by atoms with Crippen molar-refractivity contribution in [1.82, 2.24) is 5.32 Å². The molecule has 7 nitrogen and oxygen atoms in total. The molecule has 3 amide bonds. The van der Waals surface area contributed by atoms with Gasteiger partial charge in [0.2, 0.25) is 5.91 Å². The van der Waals surface area contributed by atoms with Gasteiger partial charge in [0.15, 0.2) is 0 Å². The van der Waals surface area contributed by atoms with Crippen LogP contribution in [0.25, 0.3) is 0 Å². The molecule has 2 N–H and O–H groups in total. The monoisotopic (exact) mass is 427 g/mol. The summed E-state index contributed by atoms with van der Waals surface area (Å²) in [5, 5.41) is 5.76. The number of benzene rings is 2. The number of amides is 3. The van der Waals surface area contributed by atoms with E-state index in [2.05, 4.69) is 10.6 Å². The molecule has 2 aliphatic heterocycles. The fraction of sp³-hybridized carbons (Fsp3) is 0.318. The molecule has 156 valence electrons. The summed E-state index contributed by atoms with van der Waals surface area (Å²) in [7, 11) is 1.51. The largest absolute Gasteiger partial charge is 0.375 e. The first kappa shape index (κ1) is 20.4. The van der Waals surface area contributed by atoms with Crippen molar-refractivity contribution in [2.24, 2.45) is 0 Å². The van der Waals surface area contributed by atoms with Gasteiger partial charge >= 0.3 is 11.8 Å². The summed E-state index contributed by atoms with van der Waals surface area (Å²) in [4.78, 5) is 38.7. The van der Waals surface area contributed by atoms with E-state index in [0.29, 0.717) is 17.1 Å². The first-order chi connectivity index (χ1) is 14.5. The van der Waals surface area contributed by atoms with Crippen molar-refractivity contribution in [2.45, 2.75) is 25.4 Å². The van der Waals surface area contributed by atoms with Crippen LogP contribution >= 0.6 is 11.6 Å². The van der Waals surface area contributed by atoms with Gasteiger partial charge in [-0.05, 0) is 42.2 Å². The van der Waals surface area contributed by atoms with Crippen LogP contribution in [0.1, 0.15) is 29.2 Å². The van der Waals surface area contributed by atoms with E-state index in [4.69, 9.17) is 16.3 Å². The molecule has 0 spiro atoms. The average molecular weight is 428 g/mol. The summed E-state index contributed by atoms with van der Waals surface area (Å²) >= 11 is 6.18. The van der Waals surface area contributed by atoms with Crippen LogP contribution in [0.4, 0.5) is 11.4 Å². The van der Waals surface area contributed by atoms with Crippen molar-refractivity contribution in [3.05, 3.63) is 58.1 Å². The van der Waals surface area contributed by atoms with Gasteiger partial charge < -0.3 is 20.3 Å². The Morgan fingerprint density at radius 3 is 2.73 bits per heavy atom. The number of nitrogens with one attached hydrogen (secondary N) is 2. The van der Waals surface area contributed by atoms with Crippen LogP contribution in [0.5, 0.6) is 0 Å². The quantitative estimate of drug-likeness (QED) is 0.718. The Bertz CT molecular complexity index is 1020. The maximum Gasteiger partial charge on any atom is 0.313 e. The normalized spacial score (nSPS) is 15.5. The van der Waals surface area contributed by atoms with E-state index in [1.165, 1.54) is 7.11 Å². The molecule has 0 saturated carbocycles. The Morgan fingerprint density at radius 1 is 1.20 bits per heavy atom. The van der Waals surface area contributed by atoms with Gasteiger partial charge in [-0.3, -0.25) is 14.4 Å². The summed E-state index contributed by atoms with van der Waals surface area (Å²) in [5.74, 6) is -1.46. The topological polar surface area (TPSA) is 87.7 Å². The van der Waals surface area contributed by atoms with E-state index >= 15 is 0 Å². The minimum atomic E-state index is -0.770. The number of hydrogen-bond donors (Lipinski definition) is 2. The number of methoxy groups -OCH3 is 1. The molecule has 0 aromatic heterocycles. The zero-order valence-electron chi connectivity index (χ0n) is 16.5. The molecular weight excluding hydrogens is 406 g/mol. The molecule has 0 fully saturated rings. The molecule has 0 aliphatic carbocycles. The Balaban J connectivity index is 1.41. The second kappa shape index (κ2) is 8.45. The number of halogens is 1. The lowest BCUT2D eigenvalue weighted by Gasteiger charge is -2.26. The van der Waals surface area contributed by atoms with Gasteiger partial charge in [0.05, 0.1) is 12.1 Å². The third-order valence-electron chi connectivity index (χ3n) is 5.46. The van der Waals surface area contributed by atoms with Crippen LogP contribution in [0.15, 0.2) is 36.4 Å². The van der Waals surface area contributed by atoms with Gasteiger partial charge in [0.25, 0.3) is 0 Å². The van der Waals surface area contributed by atoms with E-state index in [1.807, 2.05) is 23.1 Å². The standard InChI is InChI=1S/C22H22ClN3O4/c1-30-18(16-6-2-3-7-17(16)23)12-24-21(28)22(29)25-15-9-13-5-4-8-26-19(27)11-14(10-15)20(13)26/h2-3,6-7,9-10,18H,4-5,8,11-12H2,1H3,(H,24,28)(H,25,29). The van der Waals surface area contributed by atoms with E-state index in [1.54, 1.807) is 18.2 Å². The summed E-state index contributed by atoms with van der Waals surface area (Å²) in [5.41, 5.74) is 4.14. The number of carbonyl (C=O) groups excluding carboxylic acids is 3. The van der Waals surface area contributed by atoms with Crippen molar-refractivity contribution >= 4 is 40.7 Å². The summed E-state index contributed by atoms with van der Waals surface area (Å²) < 4.78 is 5.41. The highest BCUT2D eigenvalue weighted by molar-refractivity contribution is 6.39. The number of hydrogen-bond acceptors (Lipinski definition) is 4. The summed E-state index contributed by atoms with van der Waals surface area (Å²) in [6.45, 7) is 0.838. The number of carbonyl (C=O) groups is 3. The molecule has 0 radical (unpaired) electrons. The molecule has 2 aliphatic rings. The highest BCUT2D eigenvalue weighted by Gasteiger charge is 2.32. The molecule has 1 unspecified atom stereocenters. The van der Waals surface area contributed by atoms with Crippen LogP contribution in [-0.2, 0) is 32.0 Å². The van der Waals surface area contributed by atoms with Crippen LogP contribution in [0.3, 0.4) is 0 Å². The fourth-order valence-corrected chi connectivity index (χ4v) is 4.32. The average Bonchev–Trinajstić information content (AvgIpc) is 3.06. The second-order valence-electron chi connectivity index (χ2n) is 7.38. The minimum Gasteiger partial charge on any atom is -0.375 e. The highest BCUT2D eigenvalue weighted by atomic mass is 35.5. The molecule has 0 bridgehead atoms. The number of nitrogens with zero attached hydrogens (tertiary/aromatic N) is 1. The summed E-state index contributed by atoms with van der Waals surface area (Å²) in [6, 6.07) is 10.8. The van der Waals surface area contributed by atoms with Crippen LogP contribution in [0.2, 0.25) is 5.02 Å². The van der Waals surface area contributed by atoms with Crippen molar-refractivity contribution in [3.63, 3.8) is 0 Å². The zero-order valence-corrected chi connectivity index (χ0v) is 17.3. The first-order valence-electron chi connectivity index (χ1n) is 9.80. The fourth-order valence-electron chi connectivity index (χ4n) is 4.06. The number of rotatable bonds is 5. The highest BCUT2D eigenvalue weighted by Crippen LogP contribution is 2.38. The van der Waals surface area contributed by atoms with E-state index in [9.17, 15) is 14.4 Å². The van der Waals surface area contributed by atoms with Crippen molar-refractivity contribution in [3.8, 4) is 0 Å². The lowest BCUT2D eigenvalue weighted by atomic mass is 9.99. The van der Waals surface area contributed by atoms with Gasteiger partial charge in [-0.1, -0.05) is 29.8 Å². The molecule has 8 heteroatoms. The van der Waals surface area contributed by atoms with Crippen molar-refractivity contribution in [1.29, 1.82) is 0 Å². The third kappa shape index (κ3) is 3.91. The molecule has 4 rings (SSSR count). The van der Waals surface area contributed by atoms with Crippen LogP contribution in [0, 0.1) is 0 Å². The maximum atomic E-state index is 12.4. The van der Waals surface area contributed by atoms with E-state index < -0.39 is 17.9 Å². The molecule has 0 saturated heterocycles. The Morgan fingerprint density at radius 2 is 1.97 bits per heavy atom. The smallest absolute Gasteiger partial charge is 0.313 e. The molecule has 2 heterocycles. The second-order valence-corrected chi connectivity index (χ2v) is 7.79. The zero-order chi connectivity index (χ0) is 21.3. The van der Waals surface area contributed by atoms with Gasteiger partial charge in [-0.15, -0.1) is 0 Å². The lowest BCUT2D eigenvalue weighted by molar-refractivity contribution is -0.136. The first-order valence-corrected chi connectivity index (χ1v) is 10.2. The molecular formula is C22H22ClN3O4. The minimum absolute atomic E-state index is 0.0809. The van der Waals surface area contributed by atoms with Gasteiger partial charge in [0, 0.05) is 36.5 Å². The van der Waals surface area contributed by atoms with Crippen molar-refractivity contribution < 1.29 is 19.1 Å². The lowest BCUT2D eigenvalue weighted by Crippen LogP contribution is -2.38. The number of ether oxygens (including phenoxy) is 1. The molecule has 30 heavy (non-hydrogen) atoms. The van der Waals surface area contributed by atoms with Gasteiger partial charge in [-0.25, -0.2) is 0 Å². The SMILES string of the molecule is COC(CNC(=O)C(=O)Nc1cc2c3c(c1)CC(=O)N3CCC2)c1ccccc1Cl. The van der Waals surface area contributed by atoms with E-state index in [-0.39, 0.29) is 12.5 Å². The number of aryl methyl sites for hydroxylation is 1. The Hall–Kier alpha value is -2.90. The predicted octanol–water partition coefficient (Wildman–Crippen LogP) is 2.62. The molecule has 2 aromatic carbocycles. The van der Waals surface area contributed by atoms with Crippen LogP contribution < -0.4 is 15.5 Å². The third-order valence-corrected chi connectivity index (χ3v) is 5.80. The van der Waals surface area contributed by atoms with E-state index in [0.717, 1.165) is 41.8 Å². The van der Waals surface area contributed by atoms with Crippen molar-refractivity contribution in [2.75, 3.05) is 30.4 Å². The molecule has 2 aromatic rings. The Labute approximate surface area is 179 Å². The predicted molar refractivity (Wildman–Crippen MR) is 114 cm³/mol. The van der Waals surface area contributed by atoms with Crippen LogP contribution in [-0.4, -0.2) is 37.9 Å². The maximum absolute atomic E-state index is 12.4. The summed E-state index contributed by atoms with van der Waals surface area (Å²) in [6.07, 6.45) is 1.58. The van der Waals surface area contributed by atoms with Gasteiger partial charge in [-0.2, -0.15) is 0 Å². The Kier molecular flexibility index (Phi) is 5.74. The number of anilines is 2. The molecule has 1 atom stereocenters.